The van der Waals surface area contributed by atoms with Gasteiger partial charge in [-0.05, 0) is 251 Å². The minimum absolute atomic E-state index is 0. The van der Waals surface area contributed by atoms with Gasteiger partial charge in [-0.1, -0.05) is 296 Å². The van der Waals surface area contributed by atoms with E-state index in [4.69, 9.17) is 10.2 Å². The van der Waals surface area contributed by atoms with E-state index in [2.05, 4.69) is 312 Å². The van der Waals surface area contributed by atoms with Gasteiger partial charge in [0.15, 0.2) is 0 Å². The van der Waals surface area contributed by atoms with Gasteiger partial charge in [-0.15, -0.1) is 0 Å². The van der Waals surface area contributed by atoms with Gasteiger partial charge in [0.1, 0.15) is 51.7 Å². The maximum absolute atomic E-state index is 13.0. The zero-order valence-electron chi connectivity index (χ0n) is 81.7. The van der Waals surface area contributed by atoms with E-state index in [1.165, 1.54) is 5.56 Å². The molecule has 0 saturated carbocycles. The molecule has 0 unspecified atom stereocenters. The van der Waals surface area contributed by atoms with Crippen molar-refractivity contribution in [2.24, 2.45) is 0 Å². The predicted molar refractivity (Wildman–Crippen MR) is 515 cm³/mol. The van der Waals surface area contributed by atoms with Crippen LogP contribution in [-0.2, 0) is 100 Å². The number of rotatable bonds is 16. The topological polar surface area (TPSA) is 232 Å². The number of aromatic hydroxyl groups is 9. The number of phenols is 9. The third-order valence-electron chi connectivity index (χ3n) is 28.2. The first kappa shape index (κ1) is 103. The van der Waals surface area contributed by atoms with Gasteiger partial charge in [0, 0.05) is 58.5 Å². The molecule has 0 aromatic heterocycles. The number of quaternary nitrogens is 1. The van der Waals surface area contributed by atoms with E-state index < -0.39 is 0 Å². The third-order valence-corrected chi connectivity index (χ3v) is 28.2. The van der Waals surface area contributed by atoms with Gasteiger partial charge in [0.2, 0.25) is 0 Å². The summed E-state index contributed by atoms with van der Waals surface area (Å²) in [5.41, 5.74) is 17.4. The minimum Gasteiger partial charge on any atom is -0.870 e. The van der Waals surface area contributed by atoms with Crippen molar-refractivity contribution >= 4 is 0 Å². The minimum atomic E-state index is -0.327. The van der Waals surface area contributed by atoms with Crippen LogP contribution in [0.4, 0.5) is 0 Å². The molecular formula is C111H159NO11. The molecular weight excluding hydrogens is 1520 g/mol. The molecule has 674 valence electrons. The van der Waals surface area contributed by atoms with Crippen LogP contribution in [0.1, 0.15) is 377 Å². The van der Waals surface area contributed by atoms with Gasteiger partial charge in [0.05, 0.1) is 28.2 Å². The van der Waals surface area contributed by atoms with Crippen LogP contribution in [0.3, 0.4) is 0 Å². The highest BCUT2D eigenvalue weighted by Gasteiger charge is 2.34. The van der Waals surface area contributed by atoms with Gasteiger partial charge in [-0.2, -0.15) is 0 Å². The molecule has 10 rings (SSSR count). The van der Waals surface area contributed by atoms with Crippen LogP contribution in [0.25, 0.3) is 0 Å². The zero-order chi connectivity index (χ0) is 92.1. The molecule has 11 N–H and O–H groups in total. The summed E-state index contributed by atoms with van der Waals surface area (Å²) in [6.07, 6.45) is 8.00. The highest BCUT2D eigenvalue weighted by molar-refractivity contribution is 5.62. The lowest BCUT2D eigenvalue weighted by molar-refractivity contribution is -0.849. The Morgan fingerprint density at radius 3 is 0.382 bits per heavy atom. The van der Waals surface area contributed by atoms with Crippen LogP contribution < -0.4 is 0 Å². The second kappa shape index (κ2) is 39.7. The van der Waals surface area contributed by atoms with E-state index in [9.17, 15) is 40.9 Å². The van der Waals surface area contributed by atoms with E-state index in [-0.39, 0.29) is 152 Å². The molecule has 0 atom stereocenters. The van der Waals surface area contributed by atoms with Crippen LogP contribution in [0.2, 0.25) is 0 Å². The fourth-order valence-electron chi connectivity index (χ4n) is 15.6. The van der Waals surface area contributed by atoms with Crippen LogP contribution in [-0.4, -0.2) is 96.3 Å². The Kier molecular flexibility index (Phi) is 33.2. The lowest BCUT2D eigenvalue weighted by atomic mass is 9.76. The summed E-state index contributed by atoms with van der Waals surface area (Å²) in [5.74, 6) is 1.06. The number of hydrogen-bond acceptors (Lipinski definition) is 11. The molecule has 0 heterocycles. The molecule has 0 fully saturated rings. The van der Waals surface area contributed by atoms with Gasteiger partial charge >= 0.3 is 0 Å². The standard InChI is InChI=1S/C96H128O8.C10H14O.C4H12N.CH4O.H2O/c1-25-89(9,10)73-41-57-33-59-43-74(90(11,12)26-2)45-61(82(59)98)35-63-47-76(92(15,16)28-4)49-65(84(63)100)37-67-51-78(94(19,20)30-6)53-69(86(67)102)39-71-55-80(96(23,24)32-8)56-72(88(71)104)40-70-54-79(95(21,22)31-7)52-68(87(70)103)38-66-50-77(93(17,18)29-5)48-64(85(66)101)36-62-46-75(91(13,14)27-3)44-60(83(62)99)34-58(42-73)81(57)97;1-10(2,3)8-4-6-9(11)7-5-8;1-5(2,3)4;1-2;/h41-56,97-104H,25-40H2,1-24H3;4-7,11H,1-3H3;1-4H3;2H,1H3;1H2/q;;+1;;/p-1. The summed E-state index contributed by atoms with van der Waals surface area (Å²) >= 11 is 0. The molecule has 16 bridgehead atoms. The molecule has 0 spiro atoms. The first-order valence-corrected chi connectivity index (χ1v) is 45.2. The van der Waals surface area contributed by atoms with Crippen LogP contribution >= 0.6 is 0 Å². The third kappa shape index (κ3) is 24.4. The normalized spacial score (nSPS) is 13.5. The average molecular weight is 1680 g/mol. The molecule has 0 aliphatic heterocycles. The molecule has 9 aromatic rings. The molecule has 12 nitrogen and oxygen atoms in total. The number of hydrogen-bond donors (Lipinski definition) is 10. The van der Waals surface area contributed by atoms with Crippen molar-refractivity contribution in [1.29, 1.82) is 0 Å². The van der Waals surface area contributed by atoms with Crippen LogP contribution in [0, 0.1) is 0 Å². The maximum atomic E-state index is 13.0. The first-order valence-electron chi connectivity index (χ1n) is 45.2. The number of aliphatic hydroxyl groups excluding tert-OH is 1. The van der Waals surface area contributed by atoms with E-state index in [1.807, 2.05) is 12.1 Å². The first-order chi connectivity index (χ1) is 56.3. The maximum Gasteiger partial charge on any atom is 0.122 e. The van der Waals surface area contributed by atoms with E-state index in [1.54, 1.807) is 12.1 Å². The SMILES string of the molecule is CC(C)(C)c1ccc(O)cc1.CCC(C)(C)c1cc2c(O)c(c1)Cc1cc(C(C)(C)CC)cc(c1O)Cc1cc(C(C)(C)CC)cc(c1O)Cc1cc(C(C)(C)CC)cc(c1O)Cc1cc(C(C)(C)CC)cc(c1O)Cc1cc(C(C)(C)CC)cc(c1O)Cc1cc(C(C)(C)CC)cc(c1O)Cc1cc(C(C)(C)CC)cc(c1O)C2.CO.C[N+](C)(C)C.[OH-]. The van der Waals surface area contributed by atoms with Crippen LogP contribution in [0.15, 0.2) is 121 Å². The summed E-state index contributed by atoms with van der Waals surface area (Å²) in [5, 5.41) is 120. The highest BCUT2D eigenvalue weighted by Crippen LogP contribution is 2.49. The number of fused-ring (bicyclic) bond motifs is 16. The molecule has 0 saturated heterocycles. The van der Waals surface area contributed by atoms with Crippen molar-refractivity contribution in [3.05, 3.63) is 260 Å². The zero-order valence-corrected chi connectivity index (χ0v) is 81.7. The monoisotopic (exact) mass is 1680 g/mol. The molecule has 9 aromatic carbocycles. The van der Waals surface area contributed by atoms with Gasteiger partial charge < -0.3 is 61.0 Å². The van der Waals surface area contributed by atoms with Gasteiger partial charge in [-0.3, -0.25) is 0 Å². The van der Waals surface area contributed by atoms with Crippen molar-refractivity contribution in [3.63, 3.8) is 0 Å². The molecule has 1 aliphatic carbocycles. The Labute approximate surface area is 742 Å². The lowest BCUT2D eigenvalue weighted by Gasteiger charge is -2.29. The Bertz CT molecular complexity index is 4090. The lowest BCUT2D eigenvalue weighted by Crippen LogP contribution is -2.27. The number of phenolic OH excluding ortho intramolecular Hbond substituents is 9. The van der Waals surface area contributed by atoms with E-state index in [0.29, 0.717) is 94.8 Å². The van der Waals surface area contributed by atoms with Crippen molar-refractivity contribution in [1.82, 2.24) is 0 Å². The van der Waals surface area contributed by atoms with Crippen molar-refractivity contribution in [2.75, 3.05) is 35.3 Å². The summed E-state index contributed by atoms with van der Waals surface area (Å²) < 4.78 is 1.00. The number of benzene rings is 9. The Morgan fingerprint density at radius 1 is 0.203 bits per heavy atom. The summed E-state index contributed by atoms with van der Waals surface area (Å²) in [7, 11) is 9.50. The molecule has 12 heteroatoms. The average Bonchev–Trinajstić information content (AvgIpc) is 0.770. The van der Waals surface area contributed by atoms with Crippen molar-refractivity contribution in [3.8, 4) is 51.7 Å². The van der Waals surface area contributed by atoms with E-state index in [0.717, 1.165) is 107 Å². The second-order valence-corrected chi connectivity index (χ2v) is 42.9. The largest absolute Gasteiger partial charge is 0.870 e. The second-order valence-electron chi connectivity index (χ2n) is 42.9. The molecule has 0 radical (unpaired) electrons. The van der Waals surface area contributed by atoms with Crippen molar-refractivity contribution < 1.29 is 61.0 Å². The summed E-state index contributed by atoms with van der Waals surface area (Å²) in [6, 6.07) is 40.8. The van der Waals surface area contributed by atoms with Gasteiger partial charge in [-0.25, -0.2) is 0 Å². The Morgan fingerprint density at radius 2 is 0.301 bits per heavy atom. The van der Waals surface area contributed by atoms with Crippen LogP contribution in [0.5, 0.6) is 51.7 Å². The summed E-state index contributed by atoms with van der Waals surface area (Å²) in [6.45, 7) is 59.3. The molecule has 0 amide bonds. The fraction of sp³-hybridized carbons (Fsp3) is 0.514. The molecule has 1 aliphatic rings. The summed E-state index contributed by atoms with van der Waals surface area (Å²) in [4.78, 5) is 0. The predicted octanol–water partition coefficient (Wildman–Crippen LogP) is 26.3. The Balaban J connectivity index is 0.00000110. The van der Waals surface area contributed by atoms with E-state index >= 15 is 0 Å². The smallest absolute Gasteiger partial charge is 0.122 e. The number of aliphatic hydroxyl groups is 1. The van der Waals surface area contributed by atoms with Crippen molar-refractivity contribution in [2.45, 2.75) is 338 Å². The number of nitrogens with zero attached hydrogens (tertiary/aromatic N) is 1. The highest BCUT2D eigenvalue weighted by atomic mass is 16.3. The fourth-order valence-corrected chi connectivity index (χ4v) is 15.6. The quantitative estimate of drug-likeness (QED) is 0.0409. The Hall–Kier alpha value is -8.94. The molecule has 123 heavy (non-hydrogen) atoms. The van der Waals surface area contributed by atoms with Gasteiger partial charge in [0.25, 0.3) is 0 Å².